The minimum absolute atomic E-state index is 0.0864. The van der Waals surface area contributed by atoms with Crippen molar-refractivity contribution in [3.8, 4) is 0 Å². The van der Waals surface area contributed by atoms with E-state index in [1.807, 2.05) is 0 Å². The Morgan fingerprint density at radius 2 is 2.11 bits per heavy atom. The van der Waals surface area contributed by atoms with Crippen molar-refractivity contribution < 1.29 is 14.0 Å². The second kappa shape index (κ2) is 5.48. The fraction of sp³-hybridized carbons (Fsp3) is 0.333. The van der Waals surface area contributed by atoms with Crippen molar-refractivity contribution in [1.29, 1.82) is 0 Å². The molecule has 2 amide bonds. The van der Waals surface area contributed by atoms with Gasteiger partial charge in [-0.1, -0.05) is 6.07 Å². The number of halogens is 2. The normalized spacial score (nSPS) is 14.1. The number of amides is 2. The zero-order chi connectivity index (χ0) is 13.1. The SMILES string of the molecule is O=C(CNC(=O)c1c(F)cccc1Br)NC1CC1. The molecular formula is C12H12BrFN2O2. The monoisotopic (exact) mass is 314 g/mol. The summed E-state index contributed by atoms with van der Waals surface area (Å²) in [6, 6.07) is 4.51. The summed E-state index contributed by atoms with van der Waals surface area (Å²) >= 11 is 3.10. The van der Waals surface area contributed by atoms with Crippen LogP contribution in [0.2, 0.25) is 0 Å². The first-order valence-electron chi connectivity index (χ1n) is 5.59. The van der Waals surface area contributed by atoms with Gasteiger partial charge in [0.05, 0.1) is 12.1 Å². The topological polar surface area (TPSA) is 58.2 Å². The standard InChI is InChI=1S/C12H12BrFN2O2/c13-8-2-1-3-9(14)11(8)12(18)15-6-10(17)16-7-4-5-7/h1-3,7H,4-6H2,(H,15,18)(H,16,17). The summed E-state index contributed by atoms with van der Waals surface area (Å²) in [6.07, 6.45) is 1.97. The van der Waals surface area contributed by atoms with E-state index in [0.29, 0.717) is 4.47 Å². The van der Waals surface area contributed by atoms with E-state index in [0.717, 1.165) is 12.8 Å². The Morgan fingerprint density at radius 3 is 2.72 bits per heavy atom. The van der Waals surface area contributed by atoms with Gasteiger partial charge in [-0.25, -0.2) is 4.39 Å². The van der Waals surface area contributed by atoms with Crippen molar-refractivity contribution in [2.45, 2.75) is 18.9 Å². The van der Waals surface area contributed by atoms with Gasteiger partial charge in [0.1, 0.15) is 5.82 Å². The van der Waals surface area contributed by atoms with Gasteiger partial charge >= 0.3 is 0 Å². The highest BCUT2D eigenvalue weighted by atomic mass is 79.9. The van der Waals surface area contributed by atoms with Gasteiger partial charge < -0.3 is 10.6 Å². The van der Waals surface area contributed by atoms with Gasteiger partial charge in [-0.15, -0.1) is 0 Å². The molecule has 1 aromatic carbocycles. The van der Waals surface area contributed by atoms with E-state index in [9.17, 15) is 14.0 Å². The van der Waals surface area contributed by atoms with Crippen molar-refractivity contribution in [3.63, 3.8) is 0 Å². The first kappa shape index (κ1) is 13.0. The minimum atomic E-state index is -0.621. The molecule has 1 aliphatic rings. The fourth-order valence-electron chi connectivity index (χ4n) is 1.47. The summed E-state index contributed by atoms with van der Waals surface area (Å²) in [5, 5.41) is 5.12. The van der Waals surface area contributed by atoms with Gasteiger partial charge in [-0.3, -0.25) is 9.59 Å². The number of carbonyl (C=O) groups is 2. The third-order valence-corrected chi connectivity index (χ3v) is 3.20. The summed E-state index contributed by atoms with van der Waals surface area (Å²) < 4.78 is 13.8. The van der Waals surface area contributed by atoms with E-state index in [-0.39, 0.29) is 24.1 Å². The summed E-state index contributed by atoms with van der Waals surface area (Å²) in [5.41, 5.74) is -0.0864. The lowest BCUT2D eigenvalue weighted by Gasteiger charge is -2.08. The van der Waals surface area contributed by atoms with Gasteiger partial charge in [0, 0.05) is 10.5 Å². The van der Waals surface area contributed by atoms with Crippen LogP contribution in [0.1, 0.15) is 23.2 Å². The highest BCUT2D eigenvalue weighted by Gasteiger charge is 2.23. The molecule has 1 saturated carbocycles. The lowest BCUT2D eigenvalue weighted by atomic mass is 10.2. The average Bonchev–Trinajstić information content (AvgIpc) is 3.10. The maximum absolute atomic E-state index is 13.5. The fourth-order valence-corrected chi connectivity index (χ4v) is 1.99. The zero-order valence-electron chi connectivity index (χ0n) is 9.50. The average molecular weight is 315 g/mol. The molecule has 0 spiro atoms. The van der Waals surface area contributed by atoms with Gasteiger partial charge in [0.25, 0.3) is 5.91 Å². The summed E-state index contributed by atoms with van der Waals surface area (Å²) in [4.78, 5) is 23.1. The van der Waals surface area contributed by atoms with Crippen LogP contribution in [0, 0.1) is 5.82 Å². The Kier molecular flexibility index (Phi) is 3.96. The van der Waals surface area contributed by atoms with Crippen molar-refractivity contribution in [2.75, 3.05) is 6.54 Å². The quantitative estimate of drug-likeness (QED) is 0.887. The molecule has 96 valence electrons. The smallest absolute Gasteiger partial charge is 0.255 e. The zero-order valence-corrected chi connectivity index (χ0v) is 11.1. The molecule has 0 heterocycles. The third kappa shape index (κ3) is 3.29. The number of hydrogen-bond donors (Lipinski definition) is 2. The molecule has 0 aromatic heterocycles. The van der Waals surface area contributed by atoms with Crippen molar-refractivity contribution in [3.05, 3.63) is 34.1 Å². The Balaban J connectivity index is 1.92. The molecule has 2 rings (SSSR count). The molecular weight excluding hydrogens is 303 g/mol. The molecule has 0 atom stereocenters. The Labute approximate surface area is 112 Å². The van der Waals surface area contributed by atoms with Gasteiger partial charge in [0.2, 0.25) is 5.91 Å². The van der Waals surface area contributed by atoms with E-state index in [1.54, 1.807) is 6.07 Å². The van der Waals surface area contributed by atoms with Gasteiger partial charge in [0.15, 0.2) is 0 Å². The van der Waals surface area contributed by atoms with E-state index in [4.69, 9.17) is 0 Å². The van der Waals surface area contributed by atoms with E-state index in [2.05, 4.69) is 26.6 Å². The third-order valence-electron chi connectivity index (χ3n) is 2.54. The second-order valence-electron chi connectivity index (χ2n) is 4.12. The predicted octanol–water partition coefficient (Wildman–Crippen LogP) is 1.60. The minimum Gasteiger partial charge on any atom is -0.352 e. The maximum atomic E-state index is 13.5. The molecule has 1 fully saturated rings. The molecule has 18 heavy (non-hydrogen) atoms. The first-order chi connectivity index (χ1) is 8.58. The summed E-state index contributed by atoms with van der Waals surface area (Å²) in [5.74, 6) is -1.48. The molecule has 0 aliphatic heterocycles. The molecule has 0 radical (unpaired) electrons. The van der Waals surface area contributed by atoms with Crippen LogP contribution in [-0.2, 0) is 4.79 Å². The van der Waals surface area contributed by atoms with Gasteiger partial charge in [-0.2, -0.15) is 0 Å². The highest BCUT2D eigenvalue weighted by Crippen LogP contribution is 2.19. The van der Waals surface area contributed by atoms with Crippen LogP contribution in [0.4, 0.5) is 4.39 Å². The molecule has 0 bridgehead atoms. The van der Waals surface area contributed by atoms with Crippen molar-refractivity contribution in [2.24, 2.45) is 0 Å². The predicted molar refractivity (Wildman–Crippen MR) is 67.6 cm³/mol. The van der Waals surface area contributed by atoms with Crippen molar-refractivity contribution in [1.82, 2.24) is 10.6 Å². The molecule has 0 unspecified atom stereocenters. The first-order valence-corrected chi connectivity index (χ1v) is 6.39. The van der Waals surface area contributed by atoms with Crippen LogP contribution >= 0.6 is 15.9 Å². The van der Waals surface area contributed by atoms with Gasteiger partial charge in [-0.05, 0) is 40.9 Å². The molecule has 6 heteroatoms. The Bertz CT molecular complexity index is 469. The Morgan fingerprint density at radius 1 is 1.39 bits per heavy atom. The number of benzene rings is 1. The number of nitrogens with one attached hydrogen (secondary N) is 2. The molecule has 1 aromatic rings. The van der Waals surface area contributed by atoms with E-state index >= 15 is 0 Å². The number of rotatable bonds is 4. The number of carbonyl (C=O) groups excluding carboxylic acids is 2. The van der Waals surface area contributed by atoms with Crippen LogP contribution in [-0.4, -0.2) is 24.4 Å². The van der Waals surface area contributed by atoms with Crippen LogP contribution in [0.25, 0.3) is 0 Å². The van der Waals surface area contributed by atoms with Crippen LogP contribution in [0.5, 0.6) is 0 Å². The molecule has 1 aliphatic carbocycles. The summed E-state index contributed by atoms with van der Waals surface area (Å²) in [7, 11) is 0. The lowest BCUT2D eigenvalue weighted by molar-refractivity contribution is -0.120. The van der Waals surface area contributed by atoms with E-state index in [1.165, 1.54) is 12.1 Å². The second-order valence-corrected chi connectivity index (χ2v) is 4.98. The van der Waals surface area contributed by atoms with E-state index < -0.39 is 11.7 Å². The van der Waals surface area contributed by atoms with Crippen LogP contribution in [0.15, 0.2) is 22.7 Å². The highest BCUT2D eigenvalue weighted by molar-refractivity contribution is 9.10. The molecule has 2 N–H and O–H groups in total. The van der Waals surface area contributed by atoms with Crippen molar-refractivity contribution >= 4 is 27.7 Å². The maximum Gasteiger partial charge on any atom is 0.255 e. The molecule has 0 saturated heterocycles. The van der Waals surface area contributed by atoms with Crippen LogP contribution < -0.4 is 10.6 Å². The van der Waals surface area contributed by atoms with Crippen LogP contribution in [0.3, 0.4) is 0 Å². The Hall–Kier alpha value is -1.43. The largest absolute Gasteiger partial charge is 0.352 e. The number of hydrogen-bond acceptors (Lipinski definition) is 2. The lowest BCUT2D eigenvalue weighted by Crippen LogP contribution is -2.38. The molecule has 4 nitrogen and oxygen atoms in total. The summed E-state index contributed by atoms with van der Waals surface area (Å²) in [6.45, 7) is -0.143.